The second kappa shape index (κ2) is 7.64. The van der Waals surface area contributed by atoms with Crippen LogP contribution in [-0.2, 0) is 6.42 Å². The van der Waals surface area contributed by atoms with Gasteiger partial charge in [-0.1, -0.05) is 37.8 Å². The molecule has 1 fully saturated rings. The van der Waals surface area contributed by atoms with E-state index in [4.69, 9.17) is 0 Å². The third-order valence-corrected chi connectivity index (χ3v) is 4.19. The normalized spacial score (nSPS) is 17.8. The lowest BCUT2D eigenvalue weighted by molar-refractivity contribution is 0.451. The van der Waals surface area contributed by atoms with Gasteiger partial charge in [0.25, 0.3) is 0 Å². The zero-order chi connectivity index (χ0) is 13.5. The van der Waals surface area contributed by atoms with Crippen LogP contribution >= 0.6 is 0 Å². The lowest BCUT2D eigenvalue weighted by atomic mass is 10.0. The summed E-state index contributed by atoms with van der Waals surface area (Å²) in [6.07, 6.45) is 9.32. The molecule has 1 aliphatic carbocycles. The molecule has 1 saturated carbocycles. The first kappa shape index (κ1) is 14.5. The molecule has 0 heterocycles. The van der Waals surface area contributed by atoms with Gasteiger partial charge in [0.2, 0.25) is 0 Å². The zero-order valence-corrected chi connectivity index (χ0v) is 12.0. The van der Waals surface area contributed by atoms with Gasteiger partial charge < -0.3 is 5.32 Å². The van der Waals surface area contributed by atoms with Gasteiger partial charge in [-0.2, -0.15) is 0 Å². The summed E-state index contributed by atoms with van der Waals surface area (Å²) in [4.78, 5) is 0. The van der Waals surface area contributed by atoms with E-state index >= 15 is 0 Å². The van der Waals surface area contributed by atoms with Crippen LogP contribution in [0.2, 0.25) is 0 Å². The minimum Gasteiger partial charge on any atom is -0.314 e. The largest absolute Gasteiger partial charge is 0.314 e. The minimum absolute atomic E-state index is 0.133. The predicted molar refractivity (Wildman–Crippen MR) is 78.8 cm³/mol. The maximum Gasteiger partial charge on any atom is 0.123 e. The Morgan fingerprint density at radius 2 is 2.11 bits per heavy atom. The first-order valence-corrected chi connectivity index (χ1v) is 7.72. The van der Waals surface area contributed by atoms with Gasteiger partial charge in [0.05, 0.1) is 0 Å². The molecule has 2 heteroatoms. The highest BCUT2D eigenvalue weighted by molar-refractivity contribution is 5.17. The van der Waals surface area contributed by atoms with E-state index in [-0.39, 0.29) is 5.82 Å². The van der Waals surface area contributed by atoms with Crippen LogP contribution in [0.1, 0.15) is 51.0 Å². The van der Waals surface area contributed by atoms with E-state index in [0.717, 1.165) is 24.4 Å². The molecule has 1 unspecified atom stereocenters. The molecule has 1 aliphatic rings. The number of nitrogens with one attached hydrogen (secondary N) is 1. The van der Waals surface area contributed by atoms with E-state index in [1.54, 1.807) is 12.1 Å². The second-order valence-corrected chi connectivity index (χ2v) is 5.98. The Labute approximate surface area is 116 Å². The van der Waals surface area contributed by atoms with Crippen molar-refractivity contribution in [1.29, 1.82) is 0 Å². The third-order valence-electron chi connectivity index (χ3n) is 4.19. The van der Waals surface area contributed by atoms with Crippen LogP contribution in [0, 0.1) is 11.7 Å². The van der Waals surface area contributed by atoms with Gasteiger partial charge in [0.1, 0.15) is 5.82 Å². The van der Waals surface area contributed by atoms with Crippen LogP contribution in [0.5, 0.6) is 0 Å². The average Bonchev–Trinajstić information content (AvgIpc) is 2.88. The van der Waals surface area contributed by atoms with Crippen molar-refractivity contribution in [3.63, 3.8) is 0 Å². The van der Waals surface area contributed by atoms with Crippen LogP contribution in [0.25, 0.3) is 0 Å². The van der Waals surface area contributed by atoms with Gasteiger partial charge in [-0.25, -0.2) is 4.39 Å². The molecular formula is C17H26FN. The SMILES string of the molecule is CC(Cc1cccc(F)c1)NCCCC1CCCC1. The lowest BCUT2D eigenvalue weighted by Crippen LogP contribution is -2.29. The summed E-state index contributed by atoms with van der Waals surface area (Å²) in [5.41, 5.74) is 1.08. The van der Waals surface area contributed by atoms with Crippen molar-refractivity contribution in [2.45, 2.75) is 57.9 Å². The Morgan fingerprint density at radius 1 is 1.32 bits per heavy atom. The highest BCUT2D eigenvalue weighted by atomic mass is 19.1. The van der Waals surface area contributed by atoms with Gasteiger partial charge >= 0.3 is 0 Å². The summed E-state index contributed by atoms with van der Waals surface area (Å²) >= 11 is 0. The Hall–Kier alpha value is -0.890. The zero-order valence-electron chi connectivity index (χ0n) is 12.0. The van der Waals surface area contributed by atoms with Crippen LogP contribution < -0.4 is 5.32 Å². The van der Waals surface area contributed by atoms with Gasteiger partial charge in [-0.15, -0.1) is 0 Å². The summed E-state index contributed by atoms with van der Waals surface area (Å²) in [5.74, 6) is 0.853. The average molecular weight is 263 g/mol. The van der Waals surface area contributed by atoms with Gasteiger partial charge in [-0.05, 0) is 56.3 Å². The lowest BCUT2D eigenvalue weighted by Gasteiger charge is -2.15. The van der Waals surface area contributed by atoms with Crippen molar-refractivity contribution >= 4 is 0 Å². The second-order valence-electron chi connectivity index (χ2n) is 5.98. The summed E-state index contributed by atoms with van der Waals surface area (Å²) in [6.45, 7) is 3.27. The van der Waals surface area contributed by atoms with Crippen molar-refractivity contribution in [2.75, 3.05) is 6.54 Å². The monoisotopic (exact) mass is 263 g/mol. The van der Waals surface area contributed by atoms with Crippen molar-refractivity contribution in [2.24, 2.45) is 5.92 Å². The number of hydrogen-bond acceptors (Lipinski definition) is 1. The molecule has 1 nitrogen and oxygen atoms in total. The molecule has 0 saturated heterocycles. The molecule has 0 radical (unpaired) electrons. The van der Waals surface area contributed by atoms with E-state index in [9.17, 15) is 4.39 Å². The molecule has 0 aromatic heterocycles. The van der Waals surface area contributed by atoms with Gasteiger partial charge in [-0.3, -0.25) is 0 Å². The fraction of sp³-hybridized carbons (Fsp3) is 0.647. The van der Waals surface area contributed by atoms with Gasteiger partial charge in [0, 0.05) is 6.04 Å². The highest BCUT2D eigenvalue weighted by Crippen LogP contribution is 2.28. The molecule has 0 aliphatic heterocycles. The molecule has 1 atom stereocenters. The number of benzene rings is 1. The van der Waals surface area contributed by atoms with Crippen molar-refractivity contribution < 1.29 is 4.39 Å². The summed E-state index contributed by atoms with van der Waals surface area (Å²) in [5, 5.41) is 3.55. The molecule has 1 aromatic rings. The van der Waals surface area contributed by atoms with Crippen molar-refractivity contribution in [3.8, 4) is 0 Å². The minimum atomic E-state index is -0.133. The number of hydrogen-bond donors (Lipinski definition) is 1. The summed E-state index contributed by atoms with van der Waals surface area (Å²) in [6, 6.07) is 7.35. The van der Waals surface area contributed by atoms with Crippen LogP contribution in [0.4, 0.5) is 4.39 Å². The predicted octanol–water partition coefficient (Wildman–Crippen LogP) is 4.32. The topological polar surface area (TPSA) is 12.0 Å². The molecular weight excluding hydrogens is 237 g/mol. The van der Waals surface area contributed by atoms with E-state index in [1.807, 2.05) is 6.07 Å². The van der Waals surface area contributed by atoms with Crippen LogP contribution in [-0.4, -0.2) is 12.6 Å². The Kier molecular flexibility index (Phi) is 5.84. The van der Waals surface area contributed by atoms with E-state index in [2.05, 4.69) is 12.2 Å². The summed E-state index contributed by atoms with van der Waals surface area (Å²) < 4.78 is 13.1. The standard InChI is InChI=1S/C17H26FN/c1-14(12-16-8-4-10-17(18)13-16)19-11-5-9-15-6-2-3-7-15/h4,8,10,13-15,19H,2-3,5-7,9,11-12H2,1H3. The Morgan fingerprint density at radius 3 is 2.84 bits per heavy atom. The van der Waals surface area contributed by atoms with Crippen molar-refractivity contribution in [1.82, 2.24) is 5.32 Å². The van der Waals surface area contributed by atoms with Crippen molar-refractivity contribution in [3.05, 3.63) is 35.6 Å². The van der Waals surface area contributed by atoms with E-state index < -0.39 is 0 Å². The number of halogens is 1. The van der Waals surface area contributed by atoms with Gasteiger partial charge in [0.15, 0.2) is 0 Å². The molecule has 106 valence electrons. The first-order valence-electron chi connectivity index (χ1n) is 7.72. The highest BCUT2D eigenvalue weighted by Gasteiger charge is 2.14. The molecule has 0 spiro atoms. The molecule has 0 bridgehead atoms. The van der Waals surface area contributed by atoms with E-state index in [0.29, 0.717) is 6.04 Å². The fourth-order valence-corrected chi connectivity index (χ4v) is 3.13. The summed E-state index contributed by atoms with van der Waals surface area (Å²) in [7, 11) is 0. The molecule has 0 amide bonds. The van der Waals surface area contributed by atoms with Crippen LogP contribution in [0.3, 0.4) is 0 Å². The molecule has 2 rings (SSSR count). The molecule has 1 aromatic carbocycles. The third kappa shape index (κ3) is 5.32. The van der Waals surface area contributed by atoms with E-state index in [1.165, 1.54) is 44.6 Å². The maximum atomic E-state index is 13.1. The molecule has 1 N–H and O–H groups in total. The Bertz CT molecular complexity index is 371. The first-order chi connectivity index (χ1) is 9.24. The fourth-order valence-electron chi connectivity index (χ4n) is 3.13. The Balaban J connectivity index is 1.60. The maximum absolute atomic E-state index is 13.1. The quantitative estimate of drug-likeness (QED) is 0.723. The van der Waals surface area contributed by atoms with Crippen LogP contribution in [0.15, 0.2) is 24.3 Å². The number of rotatable bonds is 7. The smallest absolute Gasteiger partial charge is 0.123 e. The molecule has 19 heavy (non-hydrogen) atoms.